The summed E-state index contributed by atoms with van der Waals surface area (Å²) in [5, 5.41) is 2.68. The molecule has 10 heavy (non-hydrogen) atoms. The molecule has 0 aliphatic rings. The maximum atomic E-state index is 9.93. The monoisotopic (exact) mass is 142 g/mol. The molecule has 0 bridgehead atoms. The summed E-state index contributed by atoms with van der Waals surface area (Å²) >= 11 is 0. The van der Waals surface area contributed by atoms with Gasteiger partial charge in [0, 0.05) is 6.04 Å². The van der Waals surface area contributed by atoms with Gasteiger partial charge in [-0.15, -0.1) is 0 Å². The summed E-state index contributed by atoms with van der Waals surface area (Å²) in [5.41, 5.74) is 0. The summed E-state index contributed by atoms with van der Waals surface area (Å²) in [6, 6.07) is 0.354. The van der Waals surface area contributed by atoms with Crippen molar-refractivity contribution >= 4 is 6.41 Å². The summed E-state index contributed by atoms with van der Waals surface area (Å²) in [5.74, 6) is 0. The number of rotatable bonds is 6. The minimum absolute atomic E-state index is 0.354. The third-order valence-corrected chi connectivity index (χ3v) is 1.54. The number of hydrogen-bond acceptors (Lipinski definition) is 1. The van der Waals surface area contributed by atoms with Crippen LogP contribution >= 0.6 is 0 Å². The zero-order chi connectivity index (χ0) is 7.82. The smallest absolute Gasteiger partial charge is 0.309 e. The highest BCUT2D eigenvalue weighted by molar-refractivity contribution is 5.47. The molecule has 0 atom stereocenters. The second kappa shape index (κ2) is 6.59. The molecule has 0 aliphatic carbocycles. The van der Waals surface area contributed by atoms with Gasteiger partial charge >= 0.3 is 6.41 Å². The van der Waals surface area contributed by atoms with Crippen LogP contribution in [0.5, 0.6) is 0 Å². The summed E-state index contributed by atoms with van der Waals surface area (Å²) in [6.45, 7) is 4.24. The van der Waals surface area contributed by atoms with E-state index in [4.69, 9.17) is 0 Å². The van der Waals surface area contributed by atoms with Gasteiger partial charge in [0.25, 0.3) is 0 Å². The second-order valence-corrected chi connectivity index (χ2v) is 2.52. The maximum absolute atomic E-state index is 9.93. The minimum atomic E-state index is 0.354. The Kier molecular flexibility index (Phi) is 6.24. The van der Waals surface area contributed by atoms with Crippen LogP contribution in [0.15, 0.2) is 0 Å². The van der Waals surface area contributed by atoms with Crippen molar-refractivity contribution in [3.63, 3.8) is 0 Å². The van der Waals surface area contributed by atoms with Crippen molar-refractivity contribution in [1.29, 1.82) is 0 Å². The zero-order valence-electron chi connectivity index (χ0n) is 6.81. The predicted octanol–water partition coefficient (Wildman–Crippen LogP) is 1.61. The van der Waals surface area contributed by atoms with Crippen LogP contribution in [-0.2, 0) is 4.79 Å². The molecular weight excluding hydrogens is 126 g/mol. The Morgan fingerprint density at radius 3 is 2.10 bits per heavy atom. The van der Waals surface area contributed by atoms with Crippen molar-refractivity contribution in [2.45, 2.75) is 45.6 Å². The largest absolute Gasteiger partial charge is 0.345 e. The van der Waals surface area contributed by atoms with E-state index in [0.29, 0.717) is 6.04 Å². The summed E-state index contributed by atoms with van der Waals surface area (Å²) in [7, 11) is 0. The normalized spacial score (nSPS) is 9.90. The van der Waals surface area contributed by atoms with E-state index in [-0.39, 0.29) is 0 Å². The predicted molar refractivity (Wildman–Crippen MR) is 42.4 cm³/mol. The molecule has 2 heteroatoms. The minimum Gasteiger partial charge on any atom is -0.345 e. The van der Waals surface area contributed by atoms with Crippen LogP contribution in [-0.4, -0.2) is 12.5 Å². The molecule has 0 aromatic carbocycles. The third-order valence-electron chi connectivity index (χ3n) is 1.54. The van der Waals surface area contributed by atoms with Crippen molar-refractivity contribution in [1.82, 2.24) is 5.32 Å². The SMILES string of the molecule is CCCC(CCC)N[C]=O. The van der Waals surface area contributed by atoms with Crippen LogP contribution in [0.4, 0.5) is 0 Å². The first kappa shape index (κ1) is 9.47. The highest BCUT2D eigenvalue weighted by Gasteiger charge is 2.03. The van der Waals surface area contributed by atoms with Crippen LogP contribution in [0.2, 0.25) is 0 Å². The van der Waals surface area contributed by atoms with Gasteiger partial charge in [-0.2, -0.15) is 0 Å². The van der Waals surface area contributed by atoms with Gasteiger partial charge < -0.3 is 5.32 Å². The Bertz CT molecular complexity index is 77.3. The highest BCUT2D eigenvalue weighted by atomic mass is 16.1. The van der Waals surface area contributed by atoms with Crippen LogP contribution in [0.1, 0.15) is 39.5 Å². The van der Waals surface area contributed by atoms with Crippen LogP contribution in [0.25, 0.3) is 0 Å². The molecule has 0 aromatic rings. The Labute approximate surface area is 63.0 Å². The highest BCUT2D eigenvalue weighted by Crippen LogP contribution is 2.02. The van der Waals surface area contributed by atoms with Crippen LogP contribution in [0.3, 0.4) is 0 Å². The van der Waals surface area contributed by atoms with Crippen LogP contribution < -0.4 is 5.32 Å². The lowest BCUT2D eigenvalue weighted by Gasteiger charge is -2.12. The molecule has 2 nitrogen and oxygen atoms in total. The quantitative estimate of drug-likeness (QED) is 0.561. The van der Waals surface area contributed by atoms with Crippen molar-refractivity contribution in [3.05, 3.63) is 0 Å². The molecule has 1 N–H and O–H groups in total. The van der Waals surface area contributed by atoms with Gasteiger partial charge in [0.2, 0.25) is 0 Å². The van der Waals surface area contributed by atoms with Crippen molar-refractivity contribution in [3.8, 4) is 0 Å². The molecule has 0 rings (SSSR count). The molecule has 0 saturated carbocycles. The molecule has 0 aromatic heterocycles. The van der Waals surface area contributed by atoms with Crippen LogP contribution in [0, 0.1) is 0 Å². The molecular formula is C8H16NO. The van der Waals surface area contributed by atoms with E-state index < -0.39 is 0 Å². The Morgan fingerprint density at radius 1 is 1.30 bits per heavy atom. The van der Waals surface area contributed by atoms with Gasteiger partial charge in [0.1, 0.15) is 0 Å². The summed E-state index contributed by atoms with van der Waals surface area (Å²) < 4.78 is 0. The molecule has 0 aliphatic heterocycles. The number of amides is 1. The fraction of sp³-hybridized carbons (Fsp3) is 0.875. The standard InChI is InChI=1S/C8H16NO/c1-3-5-8(6-4-2)9-7-10/h8H,3-6H2,1-2H3,(H,9,10). The van der Waals surface area contributed by atoms with Crippen molar-refractivity contribution in [2.24, 2.45) is 0 Å². The Hall–Kier alpha value is -0.530. The van der Waals surface area contributed by atoms with Crippen molar-refractivity contribution in [2.75, 3.05) is 0 Å². The van der Waals surface area contributed by atoms with Gasteiger partial charge in [-0.3, -0.25) is 4.79 Å². The summed E-state index contributed by atoms with van der Waals surface area (Å²) in [4.78, 5) is 9.93. The maximum Gasteiger partial charge on any atom is 0.309 e. The Morgan fingerprint density at radius 2 is 1.80 bits per heavy atom. The lowest BCUT2D eigenvalue weighted by atomic mass is 10.1. The first-order chi connectivity index (χ1) is 4.85. The molecule has 0 spiro atoms. The zero-order valence-corrected chi connectivity index (χ0v) is 6.81. The first-order valence-electron chi connectivity index (χ1n) is 3.97. The third kappa shape index (κ3) is 4.36. The molecule has 0 heterocycles. The summed E-state index contributed by atoms with van der Waals surface area (Å²) in [6.07, 6.45) is 6.13. The average molecular weight is 142 g/mol. The van der Waals surface area contributed by atoms with Gasteiger partial charge in [-0.25, -0.2) is 0 Å². The van der Waals surface area contributed by atoms with Gasteiger partial charge in [-0.1, -0.05) is 26.7 Å². The van der Waals surface area contributed by atoms with E-state index in [1.807, 2.05) is 0 Å². The van der Waals surface area contributed by atoms with Crippen molar-refractivity contribution < 1.29 is 4.79 Å². The molecule has 0 unspecified atom stereocenters. The second-order valence-electron chi connectivity index (χ2n) is 2.52. The number of nitrogens with one attached hydrogen (secondary N) is 1. The molecule has 59 valence electrons. The first-order valence-corrected chi connectivity index (χ1v) is 3.97. The van der Waals surface area contributed by atoms with E-state index in [0.717, 1.165) is 25.7 Å². The number of carbonyl (C=O) groups excluding carboxylic acids is 1. The van der Waals surface area contributed by atoms with E-state index in [9.17, 15) is 4.79 Å². The molecule has 1 radical (unpaired) electrons. The van der Waals surface area contributed by atoms with E-state index >= 15 is 0 Å². The number of hydrogen-bond donors (Lipinski definition) is 1. The fourth-order valence-electron chi connectivity index (χ4n) is 1.07. The fourth-order valence-corrected chi connectivity index (χ4v) is 1.07. The van der Waals surface area contributed by atoms with E-state index in [1.165, 1.54) is 0 Å². The lowest BCUT2D eigenvalue weighted by molar-refractivity contribution is 0.475. The lowest BCUT2D eigenvalue weighted by Crippen LogP contribution is -2.27. The molecule has 1 amide bonds. The molecule has 0 fully saturated rings. The average Bonchev–Trinajstić information content (AvgIpc) is 1.90. The van der Waals surface area contributed by atoms with E-state index in [1.54, 1.807) is 6.41 Å². The van der Waals surface area contributed by atoms with Gasteiger partial charge in [0.05, 0.1) is 0 Å². The topological polar surface area (TPSA) is 29.1 Å². The van der Waals surface area contributed by atoms with E-state index in [2.05, 4.69) is 19.2 Å². The van der Waals surface area contributed by atoms with Gasteiger partial charge in [0.15, 0.2) is 0 Å². The Balaban J connectivity index is 3.38. The van der Waals surface area contributed by atoms with Gasteiger partial charge in [-0.05, 0) is 12.8 Å². The molecule has 0 saturated heterocycles.